The summed E-state index contributed by atoms with van der Waals surface area (Å²) in [6.45, 7) is 3.35. The van der Waals surface area contributed by atoms with Crippen molar-refractivity contribution in [3.63, 3.8) is 0 Å². The molecule has 0 aromatic heterocycles. The number of amides is 1. The number of likely N-dealkylation sites (tertiary alicyclic amines) is 1. The molecule has 90 valence electrons. The average Bonchev–Trinajstić information content (AvgIpc) is 2.19. The molecule has 2 atom stereocenters. The fourth-order valence-corrected chi connectivity index (χ4v) is 1.69. The number of ether oxygens (including phenoxy) is 2. The molecule has 1 rings (SSSR count). The fraction of sp³-hybridized carbons (Fsp3) is 0.700. The summed E-state index contributed by atoms with van der Waals surface area (Å²) in [6.07, 6.45) is 0.148. The molecule has 1 aliphatic rings. The first-order valence-corrected chi connectivity index (χ1v) is 5.06. The molecule has 6 nitrogen and oxygen atoms in total. The van der Waals surface area contributed by atoms with Crippen LogP contribution in [0.1, 0.15) is 20.3 Å². The van der Waals surface area contributed by atoms with Crippen LogP contribution in [-0.4, -0.2) is 48.5 Å². The van der Waals surface area contributed by atoms with Crippen molar-refractivity contribution in [3.8, 4) is 0 Å². The van der Waals surface area contributed by atoms with Gasteiger partial charge in [0.05, 0.1) is 6.54 Å². The molecular weight excluding hydrogens is 214 g/mol. The first kappa shape index (κ1) is 12.5. The van der Waals surface area contributed by atoms with Crippen LogP contribution < -0.4 is 0 Å². The number of hydrogen-bond donors (Lipinski definition) is 0. The van der Waals surface area contributed by atoms with Crippen molar-refractivity contribution in [1.82, 2.24) is 4.90 Å². The summed E-state index contributed by atoms with van der Waals surface area (Å²) in [5.74, 6) is -0.864. The van der Waals surface area contributed by atoms with E-state index in [1.807, 2.05) is 0 Å². The van der Waals surface area contributed by atoms with E-state index < -0.39 is 24.1 Å². The average molecular weight is 229 g/mol. The lowest BCUT2D eigenvalue weighted by molar-refractivity contribution is -0.172. The lowest BCUT2D eigenvalue weighted by Gasteiger charge is -2.35. The van der Waals surface area contributed by atoms with Gasteiger partial charge in [-0.05, 0) is 0 Å². The zero-order valence-electron chi connectivity index (χ0n) is 9.34. The molecule has 0 bridgehead atoms. The van der Waals surface area contributed by atoms with Crippen molar-refractivity contribution >= 4 is 18.3 Å². The Hall–Kier alpha value is -1.59. The van der Waals surface area contributed by atoms with Gasteiger partial charge in [0.2, 0.25) is 6.41 Å². The van der Waals surface area contributed by atoms with Crippen molar-refractivity contribution in [3.05, 3.63) is 0 Å². The standard InChI is InChI=1S/C10H15NO5/c1-7(13)15-9-3-4-11(6-12)5-10(9)16-8(2)14/h6,9-10H,3-5H2,1-2H3. The van der Waals surface area contributed by atoms with E-state index >= 15 is 0 Å². The van der Waals surface area contributed by atoms with Gasteiger partial charge in [0.1, 0.15) is 6.10 Å². The molecule has 1 amide bonds. The zero-order valence-corrected chi connectivity index (χ0v) is 9.34. The van der Waals surface area contributed by atoms with Crippen LogP contribution in [0.3, 0.4) is 0 Å². The summed E-state index contributed by atoms with van der Waals surface area (Å²) in [5, 5.41) is 0. The number of esters is 2. The lowest BCUT2D eigenvalue weighted by atomic mass is 10.1. The Morgan fingerprint density at radius 2 is 1.75 bits per heavy atom. The lowest BCUT2D eigenvalue weighted by Crippen LogP contribution is -2.49. The van der Waals surface area contributed by atoms with Gasteiger partial charge >= 0.3 is 11.9 Å². The third-order valence-electron chi connectivity index (χ3n) is 2.31. The van der Waals surface area contributed by atoms with E-state index in [0.717, 1.165) is 0 Å². The molecule has 0 N–H and O–H groups in total. The number of nitrogens with zero attached hydrogens (tertiary/aromatic N) is 1. The Balaban J connectivity index is 2.62. The van der Waals surface area contributed by atoms with Crippen LogP contribution in [0.5, 0.6) is 0 Å². The summed E-state index contributed by atoms with van der Waals surface area (Å²) in [5.41, 5.74) is 0. The minimum atomic E-state index is -0.569. The van der Waals surface area contributed by atoms with Crippen molar-refractivity contribution in [2.75, 3.05) is 13.1 Å². The summed E-state index contributed by atoms with van der Waals surface area (Å²) >= 11 is 0. The molecule has 1 fully saturated rings. The van der Waals surface area contributed by atoms with Crippen LogP contribution in [0.15, 0.2) is 0 Å². The van der Waals surface area contributed by atoms with Gasteiger partial charge in [-0.15, -0.1) is 0 Å². The molecule has 6 heteroatoms. The topological polar surface area (TPSA) is 72.9 Å². The highest BCUT2D eigenvalue weighted by molar-refractivity contribution is 5.67. The van der Waals surface area contributed by atoms with E-state index in [4.69, 9.17) is 9.47 Å². The Morgan fingerprint density at radius 1 is 1.19 bits per heavy atom. The van der Waals surface area contributed by atoms with Gasteiger partial charge in [0, 0.05) is 26.8 Å². The SMILES string of the molecule is CC(=O)OC1CCN(C=O)CC1OC(C)=O. The molecule has 0 aromatic carbocycles. The van der Waals surface area contributed by atoms with E-state index in [1.165, 1.54) is 18.7 Å². The minimum Gasteiger partial charge on any atom is -0.458 e. The summed E-state index contributed by atoms with van der Waals surface area (Å²) in [4.78, 5) is 33.8. The van der Waals surface area contributed by atoms with Gasteiger partial charge in [-0.1, -0.05) is 0 Å². The van der Waals surface area contributed by atoms with Gasteiger partial charge in [-0.25, -0.2) is 0 Å². The summed E-state index contributed by atoms with van der Waals surface area (Å²) in [6, 6.07) is 0. The quantitative estimate of drug-likeness (QED) is 0.491. The van der Waals surface area contributed by atoms with E-state index in [-0.39, 0.29) is 6.54 Å². The molecule has 0 radical (unpaired) electrons. The van der Waals surface area contributed by atoms with Crippen LogP contribution >= 0.6 is 0 Å². The smallest absolute Gasteiger partial charge is 0.303 e. The fourth-order valence-electron chi connectivity index (χ4n) is 1.69. The van der Waals surface area contributed by atoms with E-state index in [1.54, 1.807) is 0 Å². The Morgan fingerprint density at radius 3 is 2.25 bits per heavy atom. The second-order valence-electron chi connectivity index (χ2n) is 3.68. The Bertz CT molecular complexity index is 291. The first-order chi connectivity index (χ1) is 7.52. The van der Waals surface area contributed by atoms with Gasteiger partial charge in [0.25, 0.3) is 0 Å². The highest BCUT2D eigenvalue weighted by atomic mass is 16.6. The van der Waals surface area contributed by atoms with Gasteiger partial charge < -0.3 is 14.4 Å². The van der Waals surface area contributed by atoms with Crippen LogP contribution in [0.25, 0.3) is 0 Å². The van der Waals surface area contributed by atoms with E-state index in [0.29, 0.717) is 19.4 Å². The molecule has 0 aliphatic carbocycles. The normalized spacial score (nSPS) is 24.8. The molecule has 1 saturated heterocycles. The van der Waals surface area contributed by atoms with Gasteiger partial charge in [-0.3, -0.25) is 14.4 Å². The van der Waals surface area contributed by atoms with Gasteiger partial charge in [0.15, 0.2) is 6.10 Å². The molecule has 0 aromatic rings. The van der Waals surface area contributed by atoms with Crippen molar-refractivity contribution in [1.29, 1.82) is 0 Å². The minimum absolute atomic E-state index is 0.265. The van der Waals surface area contributed by atoms with Crippen molar-refractivity contribution in [2.45, 2.75) is 32.5 Å². The number of rotatable bonds is 3. The predicted octanol–water partition coefficient (Wildman–Crippen LogP) is -0.288. The Labute approximate surface area is 93.5 Å². The van der Waals surface area contributed by atoms with Gasteiger partial charge in [-0.2, -0.15) is 0 Å². The third kappa shape index (κ3) is 3.52. The largest absolute Gasteiger partial charge is 0.458 e. The number of piperidine rings is 1. The van der Waals surface area contributed by atoms with E-state index in [2.05, 4.69) is 0 Å². The monoisotopic (exact) mass is 229 g/mol. The molecule has 1 heterocycles. The highest BCUT2D eigenvalue weighted by Gasteiger charge is 2.33. The summed E-state index contributed by atoms with van der Waals surface area (Å²) < 4.78 is 10.1. The number of hydrogen-bond acceptors (Lipinski definition) is 5. The molecule has 0 saturated carbocycles. The number of carbonyl (C=O) groups excluding carboxylic acids is 3. The first-order valence-electron chi connectivity index (χ1n) is 5.06. The van der Waals surface area contributed by atoms with Crippen LogP contribution in [-0.2, 0) is 23.9 Å². The molecule has 2 unspecified atom stereocenters. The third-order valence-corrected chi connectivity index (χ3v) is 2.31. The maximum absolute atomic E-state index is 10.9. The van der Waals surface area contributed by atoms with E-state index in [9.17, 15) is 14.4 Å². The van der Waals surface area contributed by atoms with Crippen molar-refractivity contribution in [2.24, 2.45) is 0 Å². The number of carbonyl (C=O) groups is 3. The van der Waals surface area contributed by atoms with Crippen LogP contribution in [0.2, 0.25) is 0 Å². The predicted molar refractivity (Wildman–Crippen MR) is 53.4 cm³/mol. The summed E-state index contributed by atoms with van der Waals surface area (Å²) in [7, 11) is 0. The molecular formula is C10H15NO5. The maximum atomic E-state index is 10.9. The molecule has 1 aliphatic heterocycles. The second-order valence-corrected chi connectivity index (χ2v) is 3.68. The van der Waals surface area contributed by atoms with Crippen molar-refractivity contribution < 1.29 is 23.9 Å². The Kier molecular flexibility index (Phi) is 4.28. The maximum Gasteiger partial charge on any atom is 0.303 e. The van der Waals surface area contributed by atoms with Crippen LogP contribution in [0, 0.1) is 0 Å². The highest BCUT2D eigenvalue weighted by Crippen LogP contribution is 2.16. The second kappa shape index (κ2) is 5.48. The zero-order chi connectivity index (χ0) is 12.1. The van der Waals surface area contributed by atoms with Crippen LogP contribution in [0.4, 0.5) is 0 Å². The molecule has 0 spiro atoms. The molecule has 16 heavy (non-hydrogen) atoms.